The van der Waals surface area contributed by atoms with Crippen LogP contribution < -0.4 is 15.5 Å². The molecule has 0 saturated carbocycles. The highest BCUT2D eigenvalue weighted by molar-refractivity contribution is 7.14. The highest BCUT2D eigenvalue weighted by Gasteiger charge is 2.26. The van der Waals surface area contributed by atoms with Gasteiger partial charge in [-0.15, -0.1) is 16.4 Å². The van der Waals surface area contributed by atoms with Gasteiger partial charge in [-0.3, -0.25) is 14.4 Å². The molecule has 1 saturated heterocycles. The fraction of sp³-hybridized carbons (Fsp3) is 0.481. The summed E-state index contributed by atoms with van der Waals surface area (Å²) in [6.07, 6.45) is 10.3. The van der Waals surface area contributed by atoms with Crippen molar-refractivity contribution in [1.29, 1.82) is 0 Å². The molecule has 2 N–H and O–H groups in total. The minimum atomic E-state index is 0.0611. The molecule has 0 spiro atoms. The van der Waals surface area contributed by atoms with E-state index in [1.54, 1.807) is 17.5 Å². The number of thiophene rings is 1. The minimum absolute atomic E-state index is 0.0611. The van der Waals surface area contributed by atoms with Gasteiger partial charge in [0.25, 0.3) is 5.91 Å². The van der Waals surface area contributed by atoms with Crippen molar-refractivity contribution in [2.24, 2.45) is 0 Å². The van der Waals surface area contributed by atoms with Crippen LogP contribution in [0.5, 0.6) is 0 Å². The molecule has 1 atom stereocenters. The maximum absolute atomic E-state index is 13.1. The average Bonchev–Trinajstić information content (AvgIpc) is 3.66. The molecule has 3 aliphatic rings. The third-order valence-electron chi connectivity index (χ3n) is 7.90. The van der Waals surface area contributed by atoms with Crippen molar-refractivity contribution < 1.29 is 4.79 Å². The largest absolute Gasteiger partial charge is 0.353 e. The van der Waals surface area contributed by atoms with Gasteiger partial charge in [-0.2, -0.15) is 5.10 Å². The fourth-order valence-electron chi connectivity index (χ4n) is 5.91. The first-order valence-electron chi connectivity index (χ1n) is 13.6. The Bertz CT molecular complexity index is 1460. The monoisotopic (exact) mass is 531 g/mol. The Kier molecular flexibility index (Phi) is 6.04. The molecule has 7 rings (SSSR count). The molecule has 6 heterocycles. The van der Waals surface area contributed by atoms with E-state index in [9.17, 15) is 4.79 Å². The zero-order chi connectivity index (χ0) is 25.6. The van der Waals surface area contributed by atoms with E-state index in [1.807, 2.05) is 10.7 Å². The Labute approximate surface area is 225 Å². The summed E-state index contributed by atoms with van der Waals surface area (Å²) in [6, 6.07) is 6.38. The number of piperidine rings is 1. The van der Waals surface area contributed by atoms with Gasteiger partial charge in [0, 0.05) is 61.6 Å². The molecular formula is C27H33N9OS. The van der Waals surface area contributed by atoms with Crippen LogP contribution in [0.4, 0.5) is 17.3 Å². The maximum atomic E-state index is 13.1. The van der Waals surface area contributed by atoms with Crippen molar-refractivity contribution in [3.63, 3.8) is 0 Å². The van der Waals surface area contributed by atoms with Gasteiger partial charge in [-0.25, -0.2) is 9.50 Å². The average molecular weight is 532 g/mol. The normalized spacial score (nSPS) is 19.8. The second-order valence-corrected chi connectivity index (χ2v) is 11.9. The van der Waals surface area contributed by atoms with Gasteiger partial charge in [0.15, 0.2) is 17.3 Å². The van der Waals surface area contributed by atoms with E-state index in [0.717, 1.165) is 86.3 Å². The number of rotatable bonds is 5. The first-order chi connectivity index (χ1) is 18.6. The quantitative estimate of drug-likeness (QED) is 0.407. The molecule has 2 aliphatic heterocycles. The fourth-order valence-corrected chi connectivity index (χ4v) is 7.07. The first kappa shape index (κ1) is 23.7. The van der Waals surface area contributed by atoms with Crippen LogP contribution in [0.2, 0.25) is 0 Å². The molecule has 0 bridgehead atoms. The molecule has 1 unspecified atom stereocenters. The number of amides is 1. The molecule has 38 heavy (non-hydrogen) atoms. The number of hydrogen-bond acceptors (Lipinski definition) is 8. The molecule has 1 aliphatic carbocycles. The second kappa shape index (κ2) is 9.70. The van der Waals surface area contributed by atoms with Crippen LogP contribution in [-0.4, -0.2) is 67.9 Å². The lowest BCUT2D eigenvalue weighted by atomic mass is 9.99. The Balaban J connectivity index is 1.09. The van der Waals surface area contributed by atoms with E-state index in [1.165, 1.54) is 29.0 Å². The van der Waals surface area contributed by atoms with Gasteiger partial charge in [0.2, 0.25) is 0 Å². The van der Waals surface area contributed by atoms with E-state index in [0.29, 0.717) is 0 Å². The summed E-state index contributed by atoms with van der Waals surface area (Å²) in [5.74, 6) is 1.75. The van der Waals surface area contributed by atoms with Crippen LogP contribution in [0.3, 0.4) is 0 Å². The molecule has 11 heteroatoms. The maximum Gasteiger partial charge on any atom is 0.261 e. The van der Waals surface area contributed by atoms with Gasteiger partial charge < -0.3 is 15.5 Å². The lowest BCUT2D eigenvalue weighted by molar-refractivity contribution is 0.0937. The molecule has 198 valence electrons. The van der Waals surface area contributed by atoms with Gasteiger partial charge in [0.1, 0.15) is 0 Å². The smallest absolute Gasteiger partial charge is 0.261 e. The summed E-state index contributed by atoms with van der Waals surface area (Å²) in [5, 5.41) is 16.4. The zero-order valence-electron chi connectivity index (χ0n) is 21.7. The van der Waals surface area contributed by atoms with Crippen molar-refractivity contribution in [2.45, 2.75) is 57.7 Å². The number of aryl methyl sites for hydroxylation is 2. The number of carbonyl (C=O) groups is 1. The highest BCUT2D eigenvalue weighted by atomic mass is 32.1. The summed E-state index contributed by atoms with van der Waals surface area (Å²) in [5.41, 5.74) is 4.22. The van der Waals surface area contributed by atoms with Crippen LogP contribution in [0.25, 0.3) is 5.65 Å². The van der Waals surface area contributed by atoms with Crippen LogP contribution in [0, 0.1) is 0 Å². The molecule has 4 aromatic rings. The lowest BCUT2D eigenvalue weighted by Crippen LogP contribution is -2.48. The van der Waals surface area contributed by atoms with Crippen LogP contribution >= 0.6 is 11.3 Å². The Morgan fingerprint density at radius 3 is 2.92 bits per heavy atom. The minimum Gasteiger partial charge on any atom is -0.353 e. The molecule has 0 radical (unpaired) electrons. The topological polar surface area (TPSA) is 95.6 Å². The molecule has 4 aromatic heterocycles. The first-order valence-corrected chi connectivity index (χ1v) is 14.4. The zero-order valence-corrected chi connectivity index (χ0v) is 22.5. The van der Waals surface area contributed by atoms with Gasteiger partial charge in [-0.05, 0) is 57.2 Å². The molecule has 1 fully saturated rings. The van der Waals surface area contributed by atoms with E-state index in [-0.39, 0.29) is 11.9 Å². The predicted octanol–water partition coefficient (Wildman–Crippen LogP) is 3.45. The molecule has 0 aromatic carbocycles. The highest BCUT2D eigenvalue weighted by Crippen LogP contribution is 2.30. The number of anilines is 3. The number of hydrogen-bond donors (Lipinski definition) is 2. The molecular weight excluding hydrogens is 498 g/mol. The summed E-state index contributed by atoms with van der Waals surface area (Å²) in [4.78, 5) is 24.5. The number of aromatic nitrogens is 5. The summed E-state index contributed by atoms with van der Waals surface area (Å²) in [7, 11) is 2.13. The number of fused-ring (bicyclic) bond motifs is 3. The number of carbonyl (C=O) groups excluding carboxylic acids is 1. The van der Waals surface area contributed by atoms with E-state index >= 15 is 0 Å². The van der Waals surface area contributed by atoms with Crippen LogP contribution in [-0.2, 0) is 25.9 Å². The predicted molar refractivity (Wildman–Crippen MR) is 148 cm³/mol. The molecule has 1 amide bonds. The number of imidazole rings is 1. The summed E-state index contributed by atoms with van der Waals surface area (Å²) < 4.78 is 3.90. The standard InChI is InChI=1S/C27H33N9OS/c1-33-11-12-35-20(17-33)14-24(31-35)30-21-15-25(32-36-10-8-28-26(21)36)34-9-4-6-19(16-34)29-27(37)23-13-18-5-2-3-7-22(18)38-23/h8,10,13-15,19H,2-7,9,11-12,16-17H2,1H3,(H,29,37)(H,30,31). The second-order valence-electron chi connectivity index (χ2n) is 10.7. The number of nitrogens with zero attached hydrogens (tertiary/aromatic N) is 7. The van der Waals surface area contributed by atoms with Gasteiger partial charge in [-0.1, -0.05) is 0 Å². The SMILES string of the molecule is CN1CCn2nc(Nc3cc(N4CCCC(NC(=O)c5cc6c(s5)CCCC6)C4)nn4ccnc34)cc2C1. The summed E-state index contributed by atoms with van der Waals surface area (Å²) in [6.45, 7) is 4.42. The van der Waals surface area contributed by atoms with Gasteiger partial charge >= 0.3 is 0 Å². The van der Waals surface area contributed by atoms with Crippen molar-refractivity contribution in [3.8, 4) is 0 Å². The third-order valence-corrected chi connectivity index (χ3v) is 9.13. The molecule has 10 nitrogen and oxygen atoms in total. The van der Waals surface area contributed by atoms with E-state index in [4.69, 9.17) is 10.2 Å². The van der Waals surface area contributed by atoms with Crippen molar-refractivity contribution >= 4 is 40.2 Å². The Morgan fingerprint density at radius 2 is 2.00 bits per heavy atom. The van der Waals surface area contributed by atoms with E-state index < -0.39 is 0 Å². The van der Waals surface area contributed by atoms with Crippen LogP contribution in [0.1, 0.15) is 51.5 Å². The Hall–Kier alpha value is -3.44. The number of nitrogens with one attached hydrogen (secondary N) is 2. The van der Waals surface area contributed by atoms with Crippen LogP contribution in [0.15, 0.2) is 30.6 Å². The lowest BCUT2D eigenvalue weighted by Gasteiger charge is -2.34. The third kappa shape index (κ3) is 4.54. The summed E-state index contributed by atoms with van der Waals surface area (Å²) >= 11 is 1.68. The Morgan fingerprint density at radius 1 is 1.08 bits per heavy atom. The van der Waals surface area contributed by atoms with Crippen molar-refractivity contribution in [3.05, 3.63) is 51.6 Å². The van der Waals surface area contributed by atoms with Gasteiger partial charge in [0.05, 0.1) is 22.8 Å². The van der Waals surface area contributed by atoms with E-state index in [2.05, 4.69) is 55.3 Å². The number of likely N-dealkylation sites (N-methyl/N-ethyl adjacent to an activating group) is 1. The van der Waals surface area contributed by atoms with Crippen molar-refractivity contribution in [2.75, 3.05) is 36.9 Å². The van der Waals surface area contributed by atoms with Crippen molar-refractivity contribution in [1.82, 2.24) is 34.6 Å².